The number of benzene rings is 4. The maximum Gasteiger partial charge on any atom is 0.255 e. The average Bonchev–Trinajstić information content (AvgIpc) is 2.90. The summed E-state index contributed by atoms with van der Waals surface area (Å²) in [6.07, 6.45) is 0. The summed E-state index contributed by atoms with van der Waals surface area (Å²) in [6.45, 7) is 1.87. The first-order valence-electron chi connectivity index (χ1n) is 11.3. The number of halogens is 1. The minimum absolute atomic E-state index is 0.163. The molecule has 4 aromatic carbocycles. The van der Waals surface area contributed by atoms with Crippen LogP contribution in [0.1, 0.15) is 26.7 Å². The van der Waals surface area contributed by atoms with Gasteiger partial charge in [0.05, 0.1) is 7.11 Å². The highest BCUT2D eigenvalue weighted by Gasteiger charge is 2.23. The molecule has 1 atom stereocenters. The lowest BCUT2D eigenvalue weighted by atomic mass is 10.1. The third-order valence-electron chi connectivity index (χ3n) is 5.56. The Morgan fingerprint density at radius 1 is 0.861 bits per heavy atom. The molecule has 2 N–H and O–H groups in total. The van der Waals surface area contributed by atoms with Crippen molar-refractivity contribution in [2.75, 3.05) is 17.7 Å². The minimum atomic E-state index is -0.517. The Labute approximate surface area is 219 Å². The van der Waals surface area contributed by atoms with Gasteiger partial charge in [0.2, 0.25) is 5.91 Å². The fourth-order valence-corrected chi connectivity index (χ4v) is 4.83. The van der Waals surface area contributed by atoms with Crippen LogP contribution in [0, 0.1) is 6.92 Å². The number of thioether (sulfide) groups is 1. The molecule has 0 fully saturated rings. The smallest absolute Gasteiger partial charge is 0.255 e. The Morgan fingerprint density at radius 3 is 2.31 bits per heavy atom. The van der Waals surface area contributed by atoms with Crippen LogP contribution < -0.4 is 15.4 Å². The summed E-state index contributed by atoms with van der Waals surface area (Å²) in [5.41, 5.74) is 3.51. The molecule has 0 radical (unpaired) electrons. The zero-order valence-corrected chi connectivity index (χ0v) is 21.4. The first-order valence-corrected chi connectivity index (χ1v) is 12.5. The summed E-state index contributed by atoms with van der Waals surface area (Å²) in [5, 5.41) is 6.02. The van der Waals surface area contributed by atoms with E-state index >= 15 is 0 Å². The highest BCUT2D eigenvalue weighted by molar-refractivity contribution is 8.00. The van der Waals surface area contributed by atoms with Crippen LogP contribution in [0.3, 0.4) is 0 Å². The number of hydrogen-bond donors (Lipinski definition) is 2. The Kier molecular flexibility index (Phi) is 8.31. The number of amides is 2. The molecule has 0 aliphatic carbocycles. The van der Waals surface area contributed by atoms with Crippen molar-refractivity contribution >= 4 is 46.6 Å². The molecule has 4 aromatic rings. The van der Waals surface area contributed by atoms with Crippen molar-refractivity contribution in [2.24, 2.45) is 0 Å². The van der Waals surface area contributed by atoms with Gasteiger partial charge in [0.1, 0.15) is 11.0 Å². The summed E-state index contributed by atoms with van der Waals surface area (Å²) in [6, 6.07) is 29.4. The van der Waals surface area contributed by atoms with Crippen molar-refractivity contribution in [3.8, 4) is 5.75 Å². The molecule has 0 saturated heterocycles. The van der Waals surface area contributed by atoms with E-state index in [1.165, 1.54) is 11.8 Å². The number of nitrogens with one attached hydrogen (secondary N) is 2. The Bertz CT molecular complexity index is 1360. The van der Waals surface area contributed by atoms with Crippen LogP contribution in [-0.2, 0) is 4.79 Å². The predicted molar refractivity (Wildman–Crippen MR) is 147 cm³/mol. The SMILES string of the molecule is COc1ccc(C(=O)Nc2cccc(SC(C(=O)Nc3cccc(Cl)c3C)c3ccccc3)c2)cc1. The highest BCUT2D eigenvalue weighted by atomic mass is 35.5. The van der Waals surface area contributed by atoms with Crippen LogP contribution in [0.5, 0.6) is 5.75 Å². The summed E-state index contributed by atoms with van der Waals surface area (Å²) in [5.74, 6) is 0.293. The van der Waals surface area contributed by atoms with E-state index in [0.29, 0.717) is 27.7 Å². The topological polar surface area (TPSA) is 67.4 Å². The van der Waals surface area contributed by atoms with Crippen molar-refractivity contribution < 1.29 is 14.3 Å². The molecular weight excluding hydrogens is 492 g/mol. The lowest BCUT2D eigenvalue weighted by Crippen LogP contribution is -2.19. The Morgan fingerprint density at radius 2 is 1.58 bits per heavy atom. The van der Waals surface area contributed by atoms with E-state index in [9.17, 15) is 9.59 Å². The van der Waals surface area contributed by atoms with Gasteiger partial charge in [0.25, 0.3) is 5.91 Å². The van der Waals surface area contributed by atoms with Crippen LogP contribution in [0.4, 0.5) is 11.4 Å². The maximum atomic E-state index is 13.4. The van der Waals surface area contributed by atoms with Crippen molar-refractivity contribution in [1.29, 1.82) is 0 Å². The number of methoxy groups -OCH3 is 1. The Hall–Kier alpha value is -3.74. The predicted octanol–water partition coefficient (Wildman–Crippen LogP) is 7.38. The summed E-state index contributed by atoms with van der Waals surface area (Å²) in [4.78, 5) is 27.0. The van der Waals surface area contributed by atoms with Crippen LogP contribution in [0.15, 0.2) is 102 Å². The van der Waals surface area contributed by atoms with Crippen molar-refractivity contribution in [1.82, 2.24) is 0 Å². The van der Waals surface area contributed by atoms with Crippen LogP contribution in [-0.4, -0.2) is 18.9 Å². The van der Waals surface area contributed by atoms with Crippen LogP contribution in [0.25, 0.3) is 0 Å². The molecule has 5 nitrogen and oxygen atoms in total. The summed E-state index contributed by atoms with van der Waals surface area (Å²) < 4.78 is 5.15. The fourth-order valence-electron chi connectivity index (χ4n) is 3.57. The molecule has 0 aliphatic rings. The zero-order chi connectivity index (χ0) is 25.5. The van der Waals surface area contributed by atoms with Gasteiger partial charge in [-0.2, -0.15) is 0 Å². The quantitative estimate of drug-likeness (QED) is 0.240. The van der Waals surface area contributed by atoms with Gasteiger partial charge in [-0.05, 0) is 72.6 Å². The molecule has 4 rings (SSSR count). The second-order valence-electron chi connectivity index (χ2n) is 8.02. The molecule has 0 spiro atoms. The molecule has 182 valence electrons. The largest absolute Gasteiger partial charge is 0.497 e. The highest BCUT2D eigenvalue weighted by Crippen LogP contribution is 2.37. The van der Waals surface area contributed by atoms with Gasteiger partial charge in [0.15, 0.2) is 0 Å². The summed E-state index contributed by atoms with van der Waals surface area (Å²) in [7, 11) is 1.58. The maximum absolute atomic E-state index is 13.4. The van der Waals surface area contributed by atoms with Gasteiger partial charge in [-0.25, -0.2) is 0 Å². The van der Waals surface area contributed by atoms with E-state index in [0.717, 1.165) is 16.0 Å². The molecular formula is C29H25ClN2O3S. The third kappa shape index (κ3) is 6.27. The molecule has 0 aromatic heterocycles. The third-order valence-corrected chi connectivity index (χ3v) is 7.22. The van der Waals surface area contributed by atoms with Gasteiger partial charge >= 0.3 is 0 Å². The van der Waals surface area contributed by atoms with Gasteiger partial charge < -0.3 is 15.4 Å². The number of carbonyl (C=O) groups excluding carboxylic acids is 2. The van der Waals surface area contributed by atoms with E-state index in [1.54, 1.807) is 37.4 Å². The van der Waals surface area contributed by atoms with E-state index in [1.807, 2.05) is 73.7 Å². The molecule has 0 saturated carbocycles. The van der Waals surface area contributed by atoms with E-state index in [-0.39, 0.29) is 11.8 Å². The second kappa shape index (κ2) is 11.8. The molecule has 1 unspecified atom stereocenters. The molecule has 0 bridgehead atoms. The average molecular weight is 517 g/mol. The van der Waals surface area contributed by atoms with Crippen molar-refractivity contribution in [2.45, 2.75) is 17.1 Å². The lowest BCUT2D eigenvalue weighted by molar-refractivity contribution is -0.115. The van der Waals surface area contributed by atoms with Gasteiger partial charge in [-0.3, -0.25) is 9.59 Å². The number of anilines is 2. The monoisotopic (exact) mass is 516 g/mol. The van der Waals surface area contributed by atoms with E-state index in [4.69, 9.17) is 16.3 Å². The number of rotatable bonds is 8. The minimum Gasteiger partial charge on any atom is -0.497 e. The van der Waals surface area contributed by atoms with Gasteiger partial charge in [-0.15, -0.1) is 11.8 Å². The standard InChI is InChI=1S/C29H25ClN2O3S/c1-19-25(30)12-7-13-26(19)32-29(34)27(20-8-4-3-5-9-20)36-24-11-6-10-22(18-24)31-28(33)21-14-16-23(35-2)17-15-21/h3-18,27H,1-2H3,(H,31,33)(H,32,34). The molecule has 0 aliphatic heterocycles. The number of carbonyl (C=O) groups is 2. The molecule has 7 heteroatoms. The number of hydrogen-bond acceptors (Lipinski definition) is 4. The zero-order valence-electron chi connectivity index (χ0n) is 19.8. The van der Waals surface area contributed by atoms with E-state index < -0.39 is 5.25 Å². The molecule has 2 amide bonds. The van der Waals surface area contributed by atoms with Crippen LogP contribution >= 0.6 is 23.4 Å². The first-order chi connectivity index (χ1) is 17.4. The summed E-state index contributed by atoms with van der Waals surface area (Å²) >= 11 is 7.65. The fraction of sp³-hybridized carbons (Fsp3) is 0.103. The number of ether oxygens (including phenoxy) is 1. The molecule has 0 heterocycles. The van der Waals surface area contributed by atoms with Crippen molar-refractivity contribution in [3.63, 3.8) is 0 Å². The lowest BCUT2D eigenvalue weighted by Gasteiger charge is -2.19. The molecule has 36 heavy (non-hydrogen) atoms. The van der Waals surface area contributed by atoms with Crippen LogP contribution in [0.2, 0.25) is 5.02 Å². The van der Waals surface area contributed by atoms with E-state index in [2.05, 4.69) is 10.6 Å². The first kappa shape index (κ1) is 25.4. The van der Waals surface area contributed by atoms with Gasteiger partial charge in [0, 0.05) is 26.9 Å². The Balaban J connectivity index is 1.54. The van der Waals surface area contributed by atoms with Crippen molar-refractivity contribution in [3.05, 3.63) is 119 Å². The van der Waals surface area contributed by atoms with Gasteiger partial charge in [-0.1, -0.05) is 54.1 Å². The normalized spacial score (nSPS) is 11.4. The second-order valence-corrected chi connectivity index (χ2v) is 9.61.